The molecule has 2 fully saturated rings. The average Bonchev–Trinajstić information content (AvgIpc) is 3.47. The van der Waals surface area contributed by atoms with E-state index in [1.165, 1.54) is 37.7 Å². The zero-order valence-electron chi connectivity index (χ0n) is 22.0. The lowest BCUT2D eigenvalue weighted by Crippen LogP contribution is -2.29. The minimum absolute atomic E-state index is 0.114. The van der Waals surface area contributed by atoms with Crippen molar-refractivity contribution in [3.63, 3.8) is 0 Å². The first-order valence-corrected chi connectivity index (χ1v) is 13.9. The SMILES string of the molecule is O=C(Nc1ccc(CN2CCCCC2)nc1)C1=CCNc2ccc(-c3cncc(CN4CCCC4)c3)cc21. The summed E-state index contributed by atoms with van der Waals surface area (Å²) in [4.78, 5) is 27.4. The summed E-state index contributed by atoms with van der Waals surface area (Å²) in [5.74, 6) is -0.114. The number of nitrogens with zero attached hydrogens (tertiary/aromatic N) is 4. The number of rotatable bonds is 7. The molecule has 1 amide bonds. The summed E-state index contributed by atoms with van der Waals surface area (Å²) in [5, 5.41) is 6.46. The maximum atomic E-state index is 13.4. The highest BCUT2D eigenvalue weighted by atomic mass is 16.1. The van der Waals surface area contributed by atoms with Gasteiger partial charge in [0.1, 0.15) is 0 Å². The lowest BCUT2D eigenvalue weighted by Gasteiger charge is -2.25. The Bertz CT molecular complexity index is 1310. The Hall–Kier alpha value is -3.55. The number of nitrogens with one attached hydrogen (secondary N) is 2. The lowest BCUT2D eigenvalue weighted by molar-refractivity contribution is -0.111. The van der Waals surface area contributed by atoms with E-state index in [4.69, 9.17) is 0 Å². The fourth-order valence-electron chi connectivity index (χ4n) is 5.76. The van der Waals surface area contributed by atoms with Gasteiger partial charge in [0.25, 0.3) is 5.91 Å². The van der Waals surface area contributed by atoms with Gasteiger partial charge in [0.2, 0.25) is 0 Å². The van der Waals surface area contributed by atoms with Crippen LogP contribution in [-0.2, 0) is 17.9 Å². The largest absolute Gasteiger partial charge is 0.381 e. The van der Waals surface area contributed by atoms with E-state index in [-0.39, 0.29) is 5.91 Å². The first-order chi connectivity index (χ1) is 18.7. The summed E-state index contributed by atoms with van der Waals surface area (Å²) in [7, 11) is 0. The molecule has 7 nitrogen and oxygen atoms in total. The van der Waals surface area contributed by atoms with Crippen molar-refractivity contribution in [1.29, 1.82) is 0 Å². The smallest absolute Gasteiger partial charge is 0.256 e. The molecule has 0 unspecified atom stereocenters. The van der Waals surface area contributed by atoms with Gasteiger partial charge < -0.3 is 10.6 Å². The monoisotopic (exact) mass is 508 g/mol. The molecule has 7 heteroatoms. The van der Waals surface area contributed by atoms with E-state index >= 15 is 0 Å². The third-order valence-electron chi connectivity index (χ3n) is 7.80. The second-order valence-corrected chi connectivity index (χ2v) is 10.7. The number of anilines is 2. The van der Waals surface area contributed by atoms with Gasteiger partial charge in [-0.3, -0.25) is 24.6 Å². The van der Waals surface area contributed by atoms with Crippen molar-refractivity contribution in [1.82, 2.24) is 19.8 Å². The number of likely N-dealkylation sites (tertiary alicyclic amines) is 2. The van der Waals surface area contributed by atoms with E-state index < -0.39 is 0 Å². The molecular formula is C31H36N6O. The molecule has 2 N–H and O–H groups in total. The number of aromatic nitrogens is 2. The number of benzene rings is 1. The Morgan fingerprint density at radius 3 is 2.42 bits per heavy atom. The number of piperidine rings is 1. The van der Waals surface area contributed by atoms with Crippen LogP contribution in [0.3, 0.4) is 0 Å². The van der Waals surface area contributed by atoms with Crippen molar-refractivity contribution >= 4 is 22.9 Å². The second-order valence-electron chi connectivity index (χ2n) is 10.7. The number of amides is 1. The van der Waals surface area contributed by atoms with Crippen LogP contribution in [0, 0.1) is 0 Å². The molecule has 2 aromatic heterocycles. The molecule has 6 rings (SSSR count). The molecule has 0 spiro atoms. The Morgan fingerprint density at radius 1 is 0.842 bits per heavy atom. The fraction of sp³-hybridized carbons (Fsp3) is 0.387. The van der Waals surface area contributed by atoms with Crippen LogP contribution in [0.15, 0.2) is 61.1 Å². The molecule has 5 heterocycles. The van der Waals surface area contributed by atoms with E-state index in [0.29, 0.717) is 17.8 Å². The van der Waals surface area contributed by atoms with Crippen LogP contribution in [0.25, 0.3) is 16.7 Å². The summed E-state index contributed by atoms with van der Waals surface area (Å²) in [6.45, 7) is 7.03. The highest BCUT2D eigenvalue weighted by Gasteiger charge is 2.20. The van der Waals surface area contributed by atoms with E-state index in [2.05, 4.69) is 54.7 Å². The first kappa shape index (κ1) is 24.8. The van der Waals surface area contributed by atoms with Crippen LogP contribution >= 0.6 is 0 Å². The molecule has 3 aliphatic heterocycles. The molecule has 196 valence electrons. The molecule has 0 bridgehead atoms. The number of fused-ring (bicyclic) bond motifs is 1. The highest BCUT2D eigenvalue weighted by Crippen LogP contribution is 2.33. The van der Waals surface area contributed by atoms with Crippen molar-refractivity contribution < 1.29 is 4.79 Å². The molecular weight excluding hydrogens is 472 g/mol. The van der Waals surface area contributed by atoms with Crippen molar-refractivity contribution in [3.05, 3.63) is 77.9 Å². The third kappa shape index (κ3) is 5.79. The van der Waals surface area contributed by atoms with Crippen LogP contribution in [0.5, 0.6) is 0 Å². The number of hydrogen-bond acceptors (Lipinski definition) is 6. The summed E-state index contributed by atoms with van der Waals surface area (Å²) in [5.41, 5.74) is 7.68. The van der Waals surface area contributed by atoms with E-state index in [1.807, 2.05) is 30.6 Å². The average molecular weight is 509 g/mol. The third-order valence-corrected chi connectivity index (χ3v) is 7.80. The van der Waals surface area contributed by atoms with E-state index in [1.54, 1.807) is 6.20 Å². The molecule has 0 saturated carbocycles. The molecule has 0 radical (unpaired) electrons. The summed E-state index contributed by atoms with van der Waals surface area (Å²) < 4.78 is 0. The number of pyridine rings is 2. The van der Waals surface area contributed by atoms with Crippen molar-refractivity contribution in [2.45, 2.75) is 45.2 Å². The Labute approximate surface area is 225 Å². The zero-order chi connectivity index (χ0) is 25.7. The topological polar surface area (TPSA) is 73.4 Å². The maximum Gasteiger partial charge on any atom is 0.256 e. The fourth-order valence-corrected chi connectivity index (χ4v) is 5.76. The van der Waals surface area contributed by atoms with Crippen molar-refractivity contribution in [3.8, 4) is 11.1 Å². The lowest BCUT2D eigenvalue weighted by atomic mass is 9.95. The zero-order valence-corrected chi connectivity index (χ0v) is 22.0. The molecule has 3 aliphatic rings. The van der Waals surface area contributed by atoms with E-state index in [0.717, 1.165) is 67.3 Å². The van der Waals surface area contributed by atoms with Gasteiger partial charge in [0.15, 0.2) is 0 Å². The minimum atomic E-state index is -0.114. The number of carbonyl (C=O) groups excluding carboxylic acids is 1. The van der Waals surface area contributed by atoms with E-state index in [9.17, 15) is 4.79 Å². The molecule has 3 aromatic rings. The summed E-state index contributed by atoms with van der Waals surface area (Å²) in [6.07, 6.45) is 14.0. The molecule has 0 atom stereocenters. The highest BCUT2D eigenvalue weighted by molar-refractivity contribution is 6.27. The van der Waals surface area contributed by atoms with Crippen molar-refractivity contribution in [2.75, 3.05) is 43.4 Å². The van der Waals surface area contributed by atoms with Crippen LogP contribution in [0.4, 0.5) is 11.4 Å². The first-order valence-electron chi connectivity index (χ1n) is 13.9. The number of carbonyl (C=O) groups is 1. The molecule has 1 aromatic carbocycles. The predicted octanol–water partition coefficient (Wildman–Crippen LogP) is 5.17. The van der Waals surface area contributed by atoms with Crippen LogP contribution in [0.2, 0.25) is 0 Å². The second kappa shape index (κ2) is 11.5. The van der Waals surface area contributed by atoms with Gasteiger partial charge in [-0.25, -0.2) is 0 Å². The van der Waals surface area contributed by atoms with Crippen molar-refractivity contribution in [2.24, 2.45) is 0 Å². The van der Waals surface area contributed by atoms with Gasteiger partial charge in [0.05, 0.1) is 17.6 Å². The van der Waals surface area contributed by atoms with Gasteiger partial charge in [-0.2, -0.15) is 0 Å². The number of hydrogen-bond donors (Lipinski definition) is 2. The molecule has 2 saturated heterocycles. The summed E-state index contributed by atoms with van der Waals surface area (Å²) >= 11 is 0. The van der Waals surface area contributed by atoms with Gasteiger partial charge in [-0.05, 0) is 93.3 Å². The van der Waals surface area contributed by atoms with Gasteiger partial charge >= 0.3 is 0 Å². The molecule has 0 aliphatic carbocycles. The van der Waals surface area contributed by atoms with Crippen LogP contribution < -0.4 is 10.6 Å². The van der Waals surface area contributed by atoms with Gasteiger partial charge in [0, 0.05) is 54.4 Å². The van der Waals surface area contributed by atoms with Crippen LogP contribution in [-0.4, -0.2) is 58.4 Å². The quantitative estimate of drug-likeness (QED) is 0.459. The predicted molar refractivity (Wildman–Crippen MR) is 153 cm³/mol. The van der Waals surface area contributed by atoms with Crippen LogP contribution in [0.1, 0.15) is 48.9 Å². The summed E-state index contributed by atoms with van der Waals surface area (Å²) in [6, 6.07) is 12.5. The minimum Gasteiger partial charge on any atom is -0.381 e. The Morgan fingerprint density at radius 2 is 1.63 bits per heavy atom. The maximum absolute atomic E-state index is 13.4. The molecule has 38 heavy (non-hydrogen) atoms. The normalized spacial score (nSPS) is 17.9. The van der Waals surface area contributed by atoms with Gasteiger partial charge in [-0.15, -0.1) is 0 Å². The Balaban J connectivity index is 1.16. The van der Waals surface area contributed by atoms with Gasteiger partial charge in [-0.1, -0.05) is 18.6 Å². The Kier molecular flexibility index (Phi) is 7.47. The standard InChI is InChI=1S/C31H36N6O/c38-31(35-26-7-8-27(34-20-26)22-37-12-2-1-3-13-37)28-10-11-33-30-9-6-24(17-29(28)30)25-16-23(18-32-19-25)21-36-14-4-5-15-36/h6-10,16-20,33H,1-5,11-15,21-22H2,(H,35,38).